The summed E-state index contributed by atoms with van der Waals surface area (Å²) in [7, 11) is 0. The molecule has 1 aliphatic rings. The van der Waals surface area contributed by atoms with Crippen molar-refractivity contribution >= 4 is 29.2 Å². The summed E-state index contributed by atoms with van der Waals surface area (Å²) < 4.78 is 5.45. The van der Waals surface area contributed by atoms with E-state index in [1.54, 1.807) is 12.1 Å². The molecule has 0 bridgehead atoms. The average molecular weight is 551 g/mol. The number of hydrogen-bond acceptors (Lipinski definition) is 6. The number of benzene rings is 2. The first kappa shape index (κ1) is 28.5. The van der Waals surface area contributed by atoms with Crippen LogP contribution in [0.2, 0.25) is 5.02 Å². The minimum absolute atomic E-state index is 0.0161. The Morgan fingerprint density at radius 2 is 1.69 bits per heavy atom. The van der Waals surface area contributed by atoms with Crippen molar-refractivity contribution in [1.82, 2.24) is 20.8 Å². The molecule has 1 fully saturated rings. The number of aryl methyl sites for hydroxylation is 1. The van der Waals surface area contributed by atoms with Gasteiger partial charge < -0.3 is 15.1 Å². The molecule has 1 saturated carbocycles. The number of Topliss-reactive ketones (excluding diaryl/α,β-unsaturated/α-hetero) is 1. The van der Waals surface area contributed by atoms with Crippen molar-refractivity contribution in [2.75, 3.05) is 0 Å². The molecule has 2 aromatic carbocycles. The van der Waals surface area contributed by atoms with Crippen LogP contribution in [-0.2, 0) is 11.2 Å². The molecular formula is C30H35ClN4O4. The highest BCUT2D eigenvalue weighted by Gasteiger charge is 2.34. The summed E-state index contributed by atoms with van der Waals surface area (Å²) >= 11 is 6.32. The molecular weight excluding hydrogens is 516 g/mol. The van der Waals surface area contributed by atoms with E-state index in [4.69, 9.17) is 16.0 Å². The molecule has 4 rings (SSSR count). The van der Waals surface area contributed by atoms with Crippen molar-refractivity contribution in [3.05, 3.63) is 70.9 Å². The second kappa shape index (κ2) is 13.5. The van der Waals surface area contributed by atoms with E-state index in [0.717, 1.165) is 43.2 Å². The van der Waals surface area contributed by atoms with Crippen molar-refractivity contribution in [3.63, 3.8) is 0 Å². The highest BCUT2D eigenvalue weighted by Crippen LogP contribution is 2.29. The topological polar surface area (TPSA) is 114 Å². The number of amides is 2. The second-order valence-electron chi connectivity index (χ2n) is 9.98. The molecule has 0 radical (unpaired) electrons. The first-order chi connectivity index (χ1) is 18.9. The summed E-state index contributed by atoms with van der Waals surface area (Å²) in [5.74, 6) is -0.881. The highest BCUT2D eigenvalue weighted by atomic mass is 35.5. The fraction of sp³-hybridized carbons (Fsp3) is 0.433. The molecule has 3 aromatic rings. The van der Waals surface area contributed by atoms with E-state index in [2.05, 4.69) is 20.8 Å². The summed E-state index contributed by atoms with van der Waals surface area (Å²) in [5.41, 5.74) is 2.22. The number of ketones is 1. The molecule has 206 valence electrons. The number of nitrogens with one attached hydrogen (secondary N) is 2. The minimum atomic E-state index is -0.814. The molecule has 9 heteroatoms. The van der Waals surface area contributed by atoms with E-state index in [1.807, 2.05) is 50.2 Å². The lowest BCUT2D eigenvalue weighted by atomic mass is 9.83. The molecule has 0 spiro atoms. The van der Waals surface area contributed by atoms with Crippen molar-refractivity contribution < 1.29 is 18.8 Å². The molecule has 0 unspecified atom stereocenters. The van der Waals surface area contributed by atoms with Gasteiger partial charge in [0.15, 0.2) is 0 Å². The minimum Gasteiger partial charge on any atom is -0.418 e. The third-order valence-electron chi connectivity index (χ3n) is 7.21. The lowest BCUT2D eigenvalue weighted by molar-refractivity contribution is -0.125. The van der Waals surface area contributed by atoms with E-state index in [-0.39, 0.29) is 23.6 Å². The predicted octanol–water partition coefficient (Wildman–Crippen LogP) is 5.80. The lowest BCUT2D eigenvalue weighted by Crippen LogP contribution is -2.54. The van der Waals surface area contributed by atoms with Gasteiger partial charge in [0.1, 0.15) is 6.04 Å². The van der Waals surface area contributed by atoms with Crippen LogP contribution in [0, 0.1) is 5.92 Å². The van der Waals surface area contributed by atoms with E-state index >= 15 is 0 Å². The van der Waals surface area contributed by atoms with Crippen LogP contribution in [0.15, 0.2) is 52.9 Å². The van der Waals surface area contributed by atoms with Gasteiger partial charge in [0, 0.05) is 22.6 Å². The molecule has 8 nitrogen and oxygen atoms in total. The number of halogens is 1. The largest absolute Gasteiger partial charge is 0.418 e. The Morgan fingerprint density at radius 3 is 2.33 bits per heavy atom. The Bertz CT molecular complexity index is 1280. The number of hydrogen-bond donors (Lipinski definition) is 2. The normalized spacial score (nSPS) is 15.4. The molecule has 1 aromatic heterocycles. The predicted molar refractivity (Wildman–Crippen MR) is 150 cm³/mol. The molecule has 1 heterocycles. The quantitative estimate of drug-likeness (QED) is 0.292. The first-order valence-electron chi connectivity index (χ1n) is 13.7. The molecule has 2 N–H and O–H groups in total. The number of carbonyl (C=O) groups excluding carboxylic acids is 3. The molecule has 0 aliphatic heterocycles. The van der Waals surface area contributed by atoms with Crippen LogP contribution in [-0.4, -0.2) is 39.9 Å². The number of rotatable bonds is 11. The zero-order valence-electron chi connectivity index (χ0n) is 22.4. The van der Waals surface area contributed by atoms with Gasteiger partial charge in [0.25, 0.3) is 11.8 Å². The molecule has 1 aliphatic carbocycles. The van der Waals surface area contributed by atoms with Crippen LogP contribution in [0.25, 0.3) is 11.1 Å². The van der Waals surface area contributed by atoms with E-state index < -0.39 is 17.9 Å². The van der Waals surface area contributed by atoms with Crippen molar-refractivity contribution in [2.45, 2.75) is 77.3 Å². The molecule has 2 atom stereocenters. The van der Waals surface area contributed by atoms with E-state index in [1.165, 1.54) is 0 Å². The van der Waals surface area contributed by atoms with E-state index in [9.17, 15) is 14.4 Å². The van der Waals surface area contributed by atoms with Gasteiger partial charge in [-0.2, -0.15) is 0 Å². The van der Waals surface area contributed by atoms with Crippen LogP contribution in [0.3, 0.4) is 0 Å². The Kier molecular flexibility index (Phi) is 9.87. The van der Waals surface area contributed by atoms with E-state index in [0.29, 0.717) is 35.7 Å². The monoisotopic (exact) mass is 550 g/mol. The Hall–Kier alpha value is -3.52. The summed E-state index contributed by atoms with van der Waals surface area (Å²) in [5, 5.41) is 14.2. The van der Waals surface area contributed by atoms with Gasteiger partial charge >= 0.3 is 0 Å². The summed E-state index contributed by atoms with van der Waals surface area (Å²) in [6, 6.07) is 13.1. The molecule has 0 saturated heterocycles. The van der Waals surface area contributed by atoms with Gasteiger partial charge in [-0.1, -0.05) is 81.5 Å². The van der Waals surface area contributed by atoms with Gasteiger partial charge in [-0.15, -0.1) is 10.2 Å². The van der Waals surface area contributed by atoms with Crippen molar-refractivity contribution in [2.24, 2.45) is 5.92 Å². The molecule has 39 heavy (non-hydrogen) atoms. The van der Waals surface area contributed by atoms with Crippen LogP contribution in [0.1, 0.15) is 85.7 Å². The number of carbonyl (C=O) groups is 3. The second-order valence-corrected chi connectivity index (χ2v) is 10.4. The zero-order valence-corrected chi connectivity index (χ0v) is 23.2. The average Bonchev–Trinajstić information content (AvgIpc) is 3.45. The number of nitrogens with zero attached hydrogens (tertiary/aromatic N) is 2. The zero-order chi connectivity index (χ0) is 27.8. The SMILES string of the molecule is CCC[C@H](NC(=O)[C@@H](NC(=O)c1ccc(-c2ccccc2Cl)cc1)C1CCCCC1)C(=O)c1nnc(CC)o1. The smallest absolute Gasteiger partial charge is 0.286 e. The fourth-order valence-corrected chi connectivity index (χ4v) is 5.29. The Balaban J connectivity index is 1.51. The van der Waals surface area contributed by atoms with Crippen molar-refractivity contribution in [3.8, 4) is 11.1 Å². The van der Waals surface area contributed by atoms with Crippen LogP contribution >= 0.6 is 11.6 Å². The Labute approximate surface area is 233 Å². The summed E-state index contributed by atoms with van der Waals surface area (Å²) in [6.45, 7) is 3.79. The lowest BCUT2D eigenvalue weighted by Gasteiger charge is -2.31. The third kappa shape index (κ3) is 7.12. The maximum absolute atomic E-state index is 13.6. The summed E-state index contributed by atoms with van der Waals surface area (Å²) in [6.07, 6.45) is 6.37. The van der Waals surface area contributed by atoms with Crippen molar-refractivity contribution in [1.29, 1.82) is 0 Å². The standard InChI is InChI=1S/C30H35ClN4O4/c1-3-10-24(27(36)30-35-34-25(4-2)39-30)32-29(38)26(20-11-6-5-7-12-20)33-28(37)21-17-15-19(16-18-21)22-13-8-9-14-23(22)31/h8-9,13-18,20,24,26H,3-7,10-12H2,1-2H3,(H,32,38)(H,33,37)/t24-,26-/m0/s1. The van der Waals surface area contributed by atoms with Gasteiger partial charge in [0.05, 0.1) is 6.04 Å². The highest BCUT2D eigenvalue weighted by molar-refractivity contribution is 6.33. The van der Waals surface area contributed by atoms with Gasteiger partial charge in [-0.25, -0.2) is 0 Å². The fourth-order valence-electron chi connectivity index (χ4n) is 5.05. The first-order valence-corrected chi connectivity index (χ1v) is 14.1. The maximum atomic E-state index is 13.6. The van der Waals surface area contributed by atoms with Crippen LogP contribution < -0.4 is 10.6 Å². The molecule has 2 amide bonds. The van der Waals surface area contributed by atoms with Gasteiger partial charge in [-0.3, -0.25) is 14.4 Å². The summed E-state index contributed by atoms with van der Waals surface area (Å²) in [4.78, 5) is 40.0. The van der Waals surface area contributed by atoms with Gasteiger partial charge in [-0.05, 0) is 48.9 Å². The Morgan fingerprint density at radius 1 is 0.974 bits per heavy atom. The third-order valence-corrected chi connectivity index (χ3v) is 7.54. The van der Waals surface area contributed by atoms with Crippen LogP contribution in [0.5, 0.6) is 0 Å². The number of aromatic nitrogens is 2. The van der Waals surface area contributed by atoms with Crippen LogP contribution in [0.4, 0.5) is 0 Å². The maximum Gasteiger partial charge on any atom is 0.286 e. The van der Waals surface area contributed by atoms with Gasteiger partial charge in [0.2, 0.25) is 17.6 Å².